The normalized spacial score (nSPS) is 20.1. The van der Waals surface area contributed by atoms with Crippen molar-refractivity contribution >= 4 is 0 Å². The molecule has 0 saturated carbocycles. The molecule has 2 rings (SSSR count). The molecule has 90 valence electrons. The van der Waals surface area contributed by atoms with Crippen molar-refractivity contribution in [2.45, 2.75) is 18.8 Å². The van der Waals surface area contributed by atoms with E-state index in [-0.39, 0.29) is 0 Å². The molecule has 1 saturated heterocycles. The molecule has 0 spiro atoms. The Labute approximate surface area is 103 Å². The van der Waals surface area contributed by atoms with E-state index in [0.29, 0.717) is 12.3 Å². The number of hydrogen-bond donors (Lipinski definition) is 0. The summed E-state index contributed by atoms with van der Waals surface area (Å²) in [6, 6.07) is 10.5. The standard InChI is InChI=1S/C14H18N2O/c1-17-14-5-2-4-12(10-14)13-6-9-16(11-13)8-3-7-15/h2,4-5,10,13H,3,6,8-9,11H2,1H3/t13-/m1/s1. The van der Waals surface area contributed by atoms with Gasteiger partial charge in [-0.2, -0.15) is 5.26 Å². The number of likely N-dealkylation sites (tertiary alicyclic amines) is 1. The van der Waals surface area contributed by atoms with Crippen LogP contribution in [0.15, 0.2) is 24.3 Å². The van der Waals surface area contributed by atoms with Crippen LogP contribution >= 0.6 is 0 Å². The van der Waals surface area contributed by atoms with Crippen molar-refractivity contribution in [1.29, 1.82) is 5.26 Å². The van der Waals surface area contributed by atoms with Crippen molar-refractivity contribution in [3.05, 3.63) is 29.8 Å². The van der Waals surface area contributed by atoms with Crippen molar-refractivity contribution in [3.63, 3.8) is 0 Å². The molecule has 1 atom stereocenters. The van der Waals surface area contributed by atoms with Gasteiger partial charge < -0.3 is 9.64 Å². The Morgan fingerprint density at radius 2 is 2.41 bits per heavy atom. The zero-order valence-corrected chi connectivity index (χ0v) is 10.2. The van der Waals surface area contributed by atoms with E-state index in [2.05, 4.69) is 23.1 Å². The number of nitrogens with zero attached hydrogens (tertiary/aromatic N) is 2. The van der Waals surface area contributed by atoms with Gasteiger partial charge in [-0.05, 0) is 36.6 Å². The van der Waals surface area contributed by atoms with E-state index in [4.69, 9.17) is 10.00 Å². The van der Waals surface area contributed by atoms with E-state index < -0.39 is 0 Å². The predicted octanol–water partition coefficient (Wildman–Crippen LogP) is 2.40. The molecule has 17 heavy (non-hydrogen) atoms. The van der Waals surface area contributed by atoms with Crippen LogP contribution in [0, 0.1) is 11.3 Å². The lowest BCUT2D eigenvalue weighted by Crippen LogP contribution is -2.21. The third-order valence-electron chi connectivity index (χ3n) is 3.38. The lowest BCUT2D eigenvalue weighted by atomic mass is 9.98. The molecular formula is C14H18N2O. The highest BCUT2D eigenvalue weighted by Crippen LogP contribution is 2.29. The van der Waals surface area contributed by atoms with Crippen molar-refractivity contribution in [2.24, 2.45) is 0 Å². The average molecular weight is 230 g/mol. The van der Waals surface area contributed by atoms with E-state index in [0.717, 1.165) is 25.4 Å². The summed E-state index contributed by atoms with van der Waals surface area (Å²) in [5, 5.41) is 8.58. The Balaban J connectivity index is 1.97. The van der Waals surface area contributed by atoms with Crippen LogP contribution in [0.4, 0.5) is 0 Å². The van der Waals surface area contributed by atoms with Crippen LogP contribution in [0.25, 0.3) is 0 Å². The smallest absolute Gasteiger partial charge is 0.119 e. The van der Waals surface area contributed by atoms with Crippen LogP contribution in [0.5, 0.6) is 5.75 Å². The molecule has 1 aliphatic heterocycles. The number of ether oxygens (including phenoxy) is 1. The van der Waals surface area contributed by atoms with Gasteiger partial charge in [-0.25, -0.2) is 0 Å². The van der Waals surface area contributed by atoms with Gasteiger partial charge in [-0.1, -0.05) is 12.1 Å². The molecule has 0 unspecified atom stereocenters. The second-order valence-electron chi connectivity index (χ2n) is 4.47. The molecule has 1 aliphatic rings. The topological polar surface area (TPSA) is 36.3 Å². The van der Waals surface area contributed by atoms with Crippen molar-refractivity contribution in [3.8, 4) is 11.8 Å². The Morgan fingerprint density at radius 3 is 3.18 bits per heavy atom. The first-order chi connectivity index (χ1) is 8.33. The monoisotopic (exact) mass is 230 g/mol. The minimum Gasteiger partial charge on any atom is -0.497 e. The van der Waals surface area contributed by atoms with Gasteiger partial charge in [0.1, 0.15) is 5.75 Å². The van der Waals surface area contributed by atoms with Crippen LogP contribution in [0.1, 0.15) is 24.3 Å². The molecule has 0 aromatic heterocycles. The Hall–Kier alpha value is -1.53. The molecule has 0 amide bonds. The van der Waals surface area contributed by atoms with Crippen molar-refractivity contribution in [2.75, 3.05) is 26.7 Å². The Bertz CT molecular complexity index is 411. The number of benzene rings is 1. The second kappa shape index (κ2) is 5.70. The second-order valence-corrected chi connectivity index (χ2v) is 4.47. The first-order valence-electron chi connectivity index (χ1n) is 6.06. The highest BCUT2D eigenvalue weighted by molar-refractivity contribution is 5.31. The SMILES string of the molecule is COc1cccc([C@@H]2CCN(CCC#N)C2)c1. The maximum Gasteiger partial charge on any atom is 0.119 e. The average Bonchev–Trinajstić information content (AvgIpc) is 2.85. The van der Waals surface area contributed by atoms with Gasteiger partial charge >= 0.3 is 0 Å². The lowest BCUT2D eigenvalue weighted by Gasteiger charge is -2.14. The van der Waals surface area contributed by atoms with Crippen LogP contribution in [0.2, 0.25) is 0 Å². The van der Waals surface area contributed by atoms with Crippen LogP contribution < -0.4 is 4.74 Å². The molecule has 1 aromatic carbocycles. The van der Waals surface area contributed by atoms with E-state index in [9.17, 15) is 0 Å². The fraction of sp³-hybridized carbons (Fsp3) is 0.500. The lowest BCUT2D eigenvalue weighted by molar-refractivity contribution is 0.342. The maximum atomic E-state index is 8.58. The van der Waals surface area contributed by atoms with Gasteiger partial charge in [0, 0.05) is 19.5 Å². The third kappa shape index (κ3) is 2.98. The molecule has 1 fully saturated rings. The van der Waals surface area contributed by atoms with Gasteiger partial charge in [0.05, 0.1) is 13.2 Å². The van der Waals surface area contributed by atoms with Gasteiger partial charge in [0.2, 0.25) is 0 Å². The summed E-state index contributed by atoms with van der Waals surface area (Å²) in [5.41, 5.74) is 1.35. The minimum atomic E-state index is 0.587. The molecule has 3 heteroatoms. The number of hydrogen-bond acceptors (Lipinski definition) is 3. The maximum absolute atomic E-state index is 8.58. The Kier molecular flexibility index (Phi) is 4.00. The molecule has 0 aliphatic carbocycles. The van der Waals surface area contributed by atoms with Crippen molar-refractivity contribution in [1.82, 2.24) is 4.90 Å². The minimum absolute atomic E-state index is 0.587. The summed E-state index contributed by atoms with van der Waals surface area (Å²) in [6.07, 6.45) is 1.81. The van der Waals surface area contributed by atoms with Gasteiger partial charge in [-0.15, -0.1) is 0 Å². The summed E-state index contributed by atoms with van der Waals surface area (Å²) in [7, 11) is 1.70. The zero-order chi connectivity index (χ0) is 12.1. The van der Waals surface area contributed by atoms with E-state index in [1.54, 1.807) is 7.11 Å². The van der Waals surface area contributed by atoms with E-state index >= 15 is 0 Å². The van der Waals surface area contributed by atoms with Crippen molar-refractivity contribution < 1.29 is 4.74 Å². The summed E-state index contributed by atoms with van der Waals surface area (Å²) in [6.45, 7) is 3.06. The zero-order valence-electron chi connectivity index (χ0n) is 10.2. The molecular weight excluding hydrogens is 212 g/mol. The molecule has 0 N–H and O–H groups in total. The highest BCUT2D eigenvalue weighted by Gasteiger charge is 2.23. The van der Waals surface area contributed by atoms with Crippen LogP contribution in [-0.4, -0.2) is 31.6 Å². The summed E-state index contributed by atoms with van der Waals surface area (Å²) in [4.78, 5) is 2.37. The molecule has 1 aromatic rings. The molecule has 3 nitrogen and oxygen atoms in total. The summed E-state index contributed by atoms with van der Waals surface area (Å²) in [5.74, 6) is 1.52. The summed E-state index contributed by atoms with van der Waals surface area (Å²) < 4.78 is 5.25. The van der Waals surface area contributed by atoms with Gasteiger partial charge in [0.15, 0.2) is 0 Å². The number of methoxy groups -OCH3 is 1. The fourth-order valence-electron chi connectivity index (χ4n) is 2.41. The molecule has 1 heterocycles. The van der Waals surface area contributed by atoms with Gasteiger partial charge in [0.25, 0.3) is 0 Å². The molecule has 0 radical (unpaired) electrons. The molecule has 0 bridgehead atoms. The quantitative estimate of drug-likeness (QED) is 0.797. The fourth-order valence-corrected chi connectivity index (χ4v) is 2.41. The van der Waals surface area contributed by atoms with E-state index in [1.807, 2.05) is 12.1 Å². The predicted molar refractivity (Wildman–Crippen MR) is 67.0 cm³/mol. The summed E-state index contributed by atoms with van der Waals surface area (Å²) >= 11 is 0. The first-order valence-corrected chi connectivity index (χ1v) is 6.06. The first kappa shape index (κ1) is 11.9. The van der Waals surface area contributed by atoms with E-state index in [1.165, 1.54) is 12.0 Å². The highest BCUT2D eigenvalue weighted by atomic mass is 16.5. The number of nitriles is 1. The van der Waals surface area contributed by atoms with Crippen LogP contribution in [0.3, 0.4) is 0 Å². The largest absolute Gasteiger partial charge is 0.497 e. The number of rotatable bonds is 4. The third-order valence-corrected chi connectivity index (χ3v) is 3.38. The Morgan fingerprint density at radius 1 is 1.53 bits per heavy atom. The van der Waals surface area contributed by atoms with Crippen LogP contribution in [-0.2, 0) is 0 Å². The van der Waals surface area contributed by atoms with Gasteiger partial charge in [-0.3, -0.25) is 0 Å².